The molecule has 29 heavy (non-hydrogen) atoms. The van der Waals surface area contributed by atoms with E-state index < -0.39 is 49.8 Å². The fourth-order valence-electron chi connectivity index (χ4n) is 3.90. The first-order valence-corrected chi connectivity index (χ1v) is 10.5. The van der Waals surface area contributed by atoms with Crippen LogP contribution in [0.1, 0.15) is 40.8 Å². The summed E-state index contributed by atoms with van der Waals surface area (Å²) in [4.78, 5) is 37.5. The van der Waals surface area contributed by atoms with Gasteiger partial charge in [0.25, 0.3) is 14.1 Å². The molecule has 5 atom stereocenters. The van der Waals surface area contributed by atoms with E-state index in [1.165, 1.54) is 12.3 Å². The van der Waals surface area contributed by atoms with E-state index in [1.54, 1.807) is 6.92 Å². The van der Waals surface area contributed by atoms with E-state index in [0.717, 1.165) is 4.57 Å². The molecule has 0 bridgehead atoms. The van der Waals surface area contributed by atoms with Crippen LogP contribution < -0.4 is 16.6 Å². The zero-order chi connectivity index (χ0) is 21.5. The fourth-order valence-corrected chi connectivity index (χ4v) is 5.78. The number of ether oxygens (including phenoxy) is 1. The number of aromatic amines is 1. The maximum Gasteiger partial charge on any atom is 0.405 e. The monoisotopic (exact) mass is 430 g/mol. The Hall–Kier alpha value is -1.78. The number of aromatic nitrogens is 2. The van der Waals surface area contributed by atoms with Crippen molar-refractivity contribution in [2.45, 2.75) is 70.7 Å². The van der Waals surface area contributed by atoms with Gasteiger partial charge >= 0.3 is 11.8 Å². The van der Waals surface area contributed by atoms with Crippen LogP contribution in [0.25, 0.3) is 0 Å². The van der Waals surface area contributed by atoms with Gasteiger partial charge in [0.05, 0.1) is 6.61 Å². The lowest BCUT2D eigenvalue weighted by molar-refractivity contribution is -0.0599. The Labute approximate surface area is 168 Å². The fraction of sp³-hybridized carbons (Fsp3) is 0.706. The predicted octanol–water partition coefficient (Wildman–Crippen LogP) is 1.22. The number of carboxylic acid groups (broad SMARTS) is 1. The molecule has 3 N–H and O–H groups in total. The third-order valence-corrected chi connectivity index (χ3v) is 7.10. The molecule has 2 saturated heterocycles. The Morgan fingerprint density at radius 1 is 1.38 bits per heavy atom. The van der Waals surface area contributed by atoms with Crippen molar-refractivity contribution in [1.29, 1.82) is 0 Å². The maximum absolute atomic E-state index is 12.3. The molecule has 0 aromatic carbocycles. The lowest BCUT2D eigenvalue weighted by Gasteiger charge is -2.43. The van der Waals surface area contributed by atoms with Crippen molar-refractivity contribution < 1.29 is 23.7 Å². The lowest BCUT2D eigenvalue weighted by atomic mass is 9.92. The highest BCUT2D eigenvalue weighted by Gasteiger charge is 2.60. The molecule has 0 spiro atoms. The van der Waals surface area contributed by atoms with Crippen LogP contribution in [0.15, 0.2) is 21.9 Å². The molecule has 1 amide bonds. The summed E-state index contributed by atoms with van der Waals surface area (Å²) in [6.07, 6.45) is -2.30. The van der Waals surface area contributed by atoms with Gasteiger partial charge in [-0.15, -0.1) is 0 Å². The van der Waals surface area contributed by atoms with E-state index in [1.807, 2.05) is 27.7 Å². The smallest absolute Gasteiger partial charge is 0.405 e. The summed E-state index contributed by atoms with van der Waals surface area (Å²) < 4.78 is 21.4. The van der Waals surface area contributed by atoms with E-state index in [0.29, 0.717) is 0 Å². The van der Waals surface area contributed by atoms with Crippen LogP contribution in [-0.4, -0.2) is 61.9 Å². The van der Waals surface area contributed by atoms with E-state index in [4.69, 9.17) is 13.8 Å². The third-order valence-electron chi connectivity index (χ3n) is 5.03. The minimum absolute atomic E-state index is 0.149. The third kappa shape index (κ3) is 4.10. The van der Waals surface area contributed by atoms with Crippen molar-refractivity contribution in [1.82, 2.24) is 19.5 Å². The van der Waals surface area contributed by atoms with Crippen LogP contribution in [0.5, 0.6) is 0 Å². The van der Waals surface area contributed by atoms with Crippen molar-refractivity contribution >= 4 is 14.6 Å². The number of fused-ring (bicyclic) bond motifs is 1. The number of nitrogens with zero attached hydrogens (tertiary/aromatic N) is 2. The number of nitrogens with one attached hydrogen (secondary N) is 2. The van der Waals surface area contributed by atoms with Crippen molar-refractivity contribution in [3.05, 3.63) is 33.1 Å². The van der Waals surface area contributed by atoms with E-state index in [2.05, 4.69) is 15.0 Å². The number of hydrogen-bond donors (Lipinski definition) is 3. The minimum Gasteiger partial charge on any atom is -0.465 e. The molecule has 2 fully saturated rings. The maximum atomic E-state index is 12.3. The molecule has 3 heterocycles. The van der Waals surface area contributed by atoms with E-state index >= 15 is 0 Å². The second kappa shape index (κ2) is 8.16. The Kier molecular flexibility index (Phi) is 6.16. The second-order valence-corrected chi connectivity index (χ2v) is 9.29. The molecular weight excluding hydrogens is 403 g/mol. The van der Waals surface area contributed by atoms with Gasteiger partial charge in [0.2, 0.25) is 0 Å². The normalized spacial score (nSPS) is 32.0. The summed E-state index contributed by atoms with van der Waals surface area (Å²) in [5, 5.41) is 11.9. The van der Waals surface area contributed by atoms with Gasteiger partial charge in [-0.3, -0.25) is 14.3 Å². The van der Waals surface area contributed by atoms with Gasteiger partial charge in [-0.1, -0.05) is 0 Å². The van der Waals surface area contributed by atoms with Crippen molar-refractivity contribution in [3.8, 4) is 0 Å². The van der Waals surface area contributed by atoms with Gasteiger partial charge in [0.1, 0.15) is 17.7 Å². The number of amides is 1. The zero-order valence-electron chi connectivity index (χ0n) is 17.0. The van der Waals surface area contributed by atoms with Crippen molar-refractivity contribution in [3.63, 3.8) is 0 Å². The van der Waals surface area contributed by atoms with Gasteiger partial charge < -0.3 is 24.2 Å². The Morgan fingerprint density at radius 3 is 2.59 bits per heavy atom. The average molecular weight is 430 g/mol. The zero-order valence-corrected chi connectivity index (χ0v) is 17.9. The van der Waals surface area contributed by atoms with Gasteiger partial charge in [0, 0.05) is 24.3 Å². The van der Waals surface area contributed by atoms with Crippen molar-refractivity contribution in [2.24, 2.45) is 0 Å². The highest BCUT2D eigenvalue weighted by Crippen LogP contribution is 2.55. The Balaban J connectivity index is 1.98. The number of hydrogen-bond acceptors (Lipinski definition) is 7. The summed E-state index contributed by atoms with van der Waals surface area (Å²) in [5.74, 6) is 0. The number of carbonyl (C=O) groups is 1. The molecule has 11 nitrogen and oxygen atoms in total. The molecule has 12 heteroatoms. The van der Waals surface area contributed by atoms with Crippen LogP contribution in [0.3, 0.4) is 0 Å². The molecular formula is C17H27N4O7P. The summed E-state index contributed by atoms with van der Waals surface area (Å²) in [6.45, 7) is 9.94. The van der Waals surface area contributed by atoms with Gasteiger partial charge in [-0.25, -0.2) is 14.3 Å². The summed E-state index contributed by atoms with van der Waals surface area (Å²) in [6, 6.07) is 1.48. The largest absolute Gasteiger partial charge is 0.465 e. The minimum atomic E-state index is -1.45. The van der Waals surface area contributed by atoms with E-state index in [9.17, 15) is 19.5 Å². The SMILES string of the molecule is CC(C)N(C(C)C)P1OC[C@H]2O[C@@H](n3ccc(=O)[nH]c3=O)[C@](C)(NC(=O)O)[C@@H]2O1. The first-order chi connectivity index (χ1) is 13.5. The predicted molar refractivity (Wildman–Crippen MR) is 105 cm³/mol. The van der Waals surface area contributed by atoms with Crippen LogP contribution in [0.4, 0.5) is 4.79 Å². The van der Waals surface area contributed by atoms with Crippen LogP contribution >= 0.6 is 8.53 Å². The first-order valence-electron chi connectivity index (χ1n) is 9.40. The van der Waals surface area contributed by atoms with Gasteiger partial charge in [-0.2, -0.15) is 0 Å². The number of H-pyrrole nitrogens is 1. The average Bonchev–Trinajstić information content (AvgIpc) is 2.86. The quantitative estimate of drug-likeness (QED) is 0.594. The Bertz CT molecular complexity index is 864. The van der Waals surface area contributed by atoms with Gasteiger partial charge in [-0.05, 0) is 34.6 Å². The molecule has 2 aliphatic heterocycles. The van der Waals surface area contributed by atoms with Crippen LogP contribution in [0, 0.1) is 0 Å². The van der Waals surface area contributed by atoms with Crippen LogP contribution in [-0.2, 0) is 13.8 Å². The summed E-state index contributed by atoms with van der Waals surface area (Å²) in [5.41, 5.74) is -2.54. The molecule has 162 valence electrons. The topological polar surface area (TPSA) is 135 Å². The summed E-state index contributed by atoms with van der Waals surface area (Å²) in [7, 11) is -1.45. The number of rotatable bonds is 5. The summed E-state index contributed by atoms with van der Waals surface area (Å²) >= 11 is 0. The molecule has 3 rings (SSSR count). The molecule has 0 radical (unpaired) electrons. The molecule has 0 aliphatic carbocycles. The highest BCUT2D eigenvalue weighted by molar-refractivity contribution is 7.44. The standard InChI is InChI=1S/C17H27N4O7P/c1-9(2)21(10(3)4)29-26-8-11-13(28-29)17(5,19-16(24)25)14(27-11)20-7-6-12(22)18-15(20)23/h6-7,9-11,13-14,19H,8H2,1-5H3,(H,24,25)(H,18,22,23)/t11-,13-,14-,17-,29?/m1/s1. The van der Waals surface area contributed by atoms with Crippen molar-refractivity contribution in [2.75, 3.05) is 6.61 Å². The van der Waals surface area contributed by atoms with Crippen LogP contribution in [0.2, 0.25) is 0 Å². The lowest BCUT2D eigenvalue weighted by Crippen LogP contribution is -2.60. The highest BCUT2D eigenvalue weighted by atomic mass is 31.2. The molecule has 1 aromatic heterocycles. The molecule has 1 unspecified atom stereocenters. The second-order valence-electron chi connectivity index (χ2n) is 7.88. The molecule has 1 aromatic rings. The first kappa shape index (κ1) is 21.9. The van der Waals surface area contributed by atoms with Gasteiger partial charge in [0.15, 0.2) is 6.23 Å². The van der Waals surface area contributed by atoms with E-state index in [-0.39, 0.29) is 18.7 Å². The Morgan fingerprint density at radius 2 is 2.03 bits per heavy atom. The molecule has 2 aliphatic rings. The molecule has 0 saturated carbocycles.